The molecule has 1 heterocycles. The number of pyridine rings is 1. The van der Waals surface area contributed by atoms with E-state index in [2.05, 4.69) is 4.98 Å². The Morgan fingerprint density at radius 2 is 1.80 bits per heavy atom. The molecule has 0 spiro atoms. The topological polar surface area (TPSA) is 33.1 Å². The third-order valence-electron chi connectivity index (χ3n) is 5.53. The van der Waals surface area contributed by atoms with Crippen LogP contribution in [0.15, 0.2) is 6.20 Å². The Morgan fingerprint density at radius 3 is 2.36 bits per heavy atom. The van der Waals surface area contributed by atoms with Crippen molar-refractivity contribution < 1.29 is 27.1 Å². The molecule has 0 saturated heterocycles. The largest absolute Gasteiger partial charge is 0.433 e. The van der Waals surface area contributed by atoms with Crippen molar-refractivity contribution in [3.8, 4) is 0 Å². The van der Waals surface area contributed by atoms with Gasteiger partial charge in [-0.15, -0.1) is 0 Å². The Labute approximate surface area is 143 Å². The van der Waals surface area contributed by atoms with Crippen LogP contribution in [0.4, 0.5) is 22.0 Å². The molecule has 0 aromatic carbocycles. The second-order valence-corrected chi connectivity index (χ2v) is 8.18. The zero-order chi connectivity index (χ0) is 18.7. The SMILES string of the molecule is C[C@H]1c2c(C(F)(F)F)ncc(C3CC(O)CC(C)(C)C3)c2[C@@H](F)[C@H]1F. The van der Waals surface area contributed by atoms with Gasteiger partial charge in [0.15, 0.2) is 6.17 Å². The Bertz CT molecular complexity index is 672. The minimum absolute atomic E-state index is 0.197. The number of fused-ring (bicyclic) bond motifs is 1. The second kappa shape index (κ2) is 5.89. The van der Waals surface area contributed by atoms with Gasteiger partial charge in [-0.05, 0) is 47.3 Å². The number of nitrogens with zero attached hydrogens (tertiary/aromatic N) is 1. The molecule has 1 aromatic heterocycles. The Balaban J connectivity index is 2.14. The first kappa shape index (κ1) is 18.5. The summed E-state index contributed by atoms with van der Waals surface area (Å²) in [4.78, 5) is 3.55. The molecule has 1 N–H and O–H groups in total. The molecule has 0 bridgehead atoms. The van der Waals surface area contributed by atoms with Crippen LogP contribution >= 0.6 is 0 Å². The van der Waals surface area contributed by atoms with Gasteiger partial charge in [0.2, 0.25) is 0 Å². The molecule has 0 radical (unpaired) electrons. The number of rotatable bonds is 1. The summed E-state index contributed by atoms with van der Waals surface area (Å²) in [6.45, 7) is 5.17. The smallest absolute Gasteiger partial charge is 0.393 e. The number of hydrogen-bond donors (Lipinski definition) is 1. The van der Waals surface area contributed by atoms with Crippen molar-refractivity contribution in [2.75, 3.05) is 0 Å². The van der Waals surface area contributed by atoms with Crippen LogP contribution in [-0.2, 0) is 6.18 Å². The summed E-state index contributed by atoms with van der Waals surface area (Å²) in [6, 6.07) is 0. The first-order valence-corrected chi connectivity index (χ1v) is 8.48. The van der Waals surface area contributed by atoms with E-state index in [4.69, 9.17) is 0 Å². The maximum Gasteiger partial charge on any atom is 0.433 e. The van der Waals surface area contributed by atoms with Gasteiger partial charge >= 0.3 is 6.18 Å². The van der Waals surface area contributed by atoms with E-state index < -0.39 is 36.2 Å². The lowest BCUT2D eigenvalue weighted by atomic mass is 9.68. The van der Waals surface area contributed by atoms with E-state index in [-0.39, 0.29) is 22.5 Å². The van der Waals surface area contributed by atoms with Crippen molar-refractivity contribution in [2.24, 2.45) is 5.41 Å². The number of halogens is 5. The van der Waals surface area contributed by atoms with Crippen molar-refractivity contribution in [2.45, 2.75) is 76.5 Å². The first-order chi connectivity index (χ1) is 11.4. The van der Waals surface area contributed by atoms with Gasteiger partial charge in [0.05, 0.1) is 6.10 Å². The Hall–Kier alpha value is -1.24. The molecule has 2 nitrogen and oxygen atoms in total. The third kappa shape index (κ3) is 3.15. The summed E-state index contributed by atoms with van der Waals surface area (Å²) in [6.07, 6.45) is -6.97. The van der Waals surface area contributed by atoms with Crippen LogP contribution in [0.1, 0.15) is 80.4 Å². The monoisotopic (exact) mass is 363 g/mol. The van der Waals surface area contributed by atoms with Gasteiger partial charge in [-0.25, -0.2) is 8.78 Å². The zero-order valence-electron chi connectivity index (χ0n) is 14.4. The molecule has 25 heavy (non-hydrogen) atoms. The van der Waals surface area contributed by atoms with Crippen LogP contribution in [0.25, 0.3) is 0 Å². The van der Waals surface area contributed by atoms with E-state index in [1.165, 1.54) is 6.92 Å². The van der Waals surface area contributed by atoms with Gasteiger partial charge in [0, 0.05) is 12.1 Å². The summed E-state index contributed by atoms with van der Waals surface area (Å²) < 4.78 is 68.7. The summed E-state index contributed by atoms with van der Waals surface area (Å²) in [5, 5.41) is 10.1. The van der Waals surface area contributed by atoms with E-state index in [9.17, 15) is 27.1 Å². The van der Waals surface area contributed by atoms with Gasteiger partial charge in [-0.3, -0.25) is 4.98 Å². The number of alkyl halides is 5. The van der Waals surface area contributed by atoms with Gasteiger partial charge < -0.3 is 5.11 Å². The second-order valence-electron chi connectivity index (χ2n) is 8.18. The van der Waals surface area contributed by atoms with Gasteiger partial charge in [0.1, 0.15) is 11.9 Å². The predicted molar refractivity (Wildman–Crippen MR) is 82.8 cm³/mol. The molecule has 5 atom stereocenters. The lowest BCUT2D eigenvalue weighted by Crippen LogP contribution is -2.31. The highest BCUT2D eigenvalue weighted by molar-refractivity contribution is 5.48. The standard InChI is InChI=1S/C18H22F5NO/c1-8-12-13(15(20)14(8)19)11(7-24-16(12)18(21,22)23)9-4-10(25)6-17(2,3)5-9/h7-10,14-15,25H,4-6H2,1-3H3/t8-,9?,10?,14-,15+/m0/s1. The summed E-state index contributed by atoms with van der Waals surface area (Å²) in [5.41, 5.74) is -1.67. The maximum absolute atomic E-state index is 14.6. The number of aliphatic hydroxyl groups excluding tert-OH is 1. The fraction of sp³-hybridized carbons (Fsp3) is 0.722. The molecule has 2 aliphatic carbocycles. The predicted octanol–water partition coefficient (Wildman–Crippen LogP) is 5.22. The highest BCUT2D eigenvalue weighted by Gasteiger charge is 2.49. The van der Waals surface area contributed by atoms with E-state index in [1.807, 2.05) is 13.8 Å². The van der Waals surface area contributed by atoms with Crippen molar-refractivity contribution in [3.63, 3.8) is 0 Å². The molecule has 7 heteroatoms. The molecule has 0 amide bonds. The van der Waals surface area contributed by atoms with Crippen LogP contribution in [0.2, 0.25) is 0 Å². The lowest BCUT2D eigenvalue weighted by molar-refractivity contribution is -0.142. The fourth-order valence-electron chi connectivity index (χ4n) is 4.57. The zero-order valence-corrected chi connectivity index (χ0v) is 14.4. The molecule has 2 unspecified atom stereocenters. The maximum atomic E-state index is 14.6. The Morgan fingerprint density at radius 1 is 1.16 bits per heavy atom. The molecule has 1 saturated carbocycles. The molecule has 2 aliphatic rings. The van der Waals surface area contributed by atoms with Crippen LogP contribution in [0.3, 0.4) is 0 Å². The third-order valence-corrected chi connectivity index (χ3v) is 5.53. The van der Waals surface area contributed by atoms with E-state index in [0.29, 0.717) is 24.8 Å². The van der Waals surface area contributed by atoms with E-state index >= 15 is 0 Å². The van der Waals surface area contributed by atoms with Crippen molar-refractivity contribution in [3.05, 3.63) is 28.6 Å². The van der Waals surface area contributed by atoms with E-state index in [0.717, 1.165) is 6.20 Å². The summed E-state index contributed by atoms with van der Waals surface area (Å²) in [7, 11) is 0. The molecule has 3 rings (SSSR count). The quantitative estimate of drug-likeness (QED) is 0.694. The van der Waals surface area contributed by atoms with Crippen LogP contribution < -0.4 is 0 Å². The minimum atomic E-state index is -4.76. The van der Waals surface area contributed by atoms with E-state index in [1.54, 1.807) is 0 Å². The Kier molecular flexibility index (Phi) is 4.37. The molecular weight excluding hydrogens is 341 g/mol. The van der Waals surface area contributed by atoms with Gasteiger partial charge in [-0.2, -0.15) is 13.2 Å². The minimum Gasteiger partial charge on any atom is -0.393 e. The normalized spacial score (nSPS) is 34.8. The average molecular weight is 363 g/mol. The molecular formula is C18H22F5NO. The van der Waals surface area contributed by atoms with Crippen molar-refractivity contribution in [1.29, 1.82) is 0 Å². The van der Waals surface area contributed by atoms with Gasteiger partial charge in [-0.1, -0.05) is 20.8 Å². The number of aromatic nitrogens is 1. The first-order valence-electron chi connectivity index (χ1n) is 8.48. The molecule has 1 fully saturated rings. The van der Waals surface area contributed by atoms with Crippen LogP contribution in [-0.4, -0.2) is 22.4 Å². The number of aliphatic hydroxyl groups is 1. The molecule has 1 aromatic rings. The highest BCUT2D eigenvalue weighted by atomic mass is 19.4. The fourth-order valence-corrected chi connectivity index (χ4v) is 4.57. The molecule has 0 aliphatic heterocycles. The van der Waals surface area contributed by atoms with Crippen LogP contribution in [0, 0.1) is 5.41 Å². The van der Waals surface area contributed by atoms with Crippen LogP contribution in [0.5, 0.6) is 0 Å². The summed E-state index contributed by atoms with van der Waals surface area (Å²) >= 11 is 0. The summed E-state index contributed by atoms with van der Waals surface area (Å²) in [5.74, 6) is -1.53. The average Bonchev–Trinajstić information content (AvgIpc) is 2.69. The van der Waals surface area contributed by atoms with Crippen molar-refractivity contribution >= 4 is 0 Å². The van der Waals surface area contributed by atoms with Crippen molar-refractivity contribution in [1.82, 2.24) is 4.98 Å². The number of hydrogen-bond acceptors (Lipinski definition) is 2. The highest BCUT2D eigenvalue weighted by Crippen LogP contribution is 2.53. The lowest BCUT2D eigenvalue weighted by Gasteiger charge is -2.39. The van der Waals surface area contributed by atoms with Gasteiger partial charge in [0.25, 0.3) is 0 Å². The molecule has 140 valence electrons.